The number of hydrogen-bond donors (Lipinski definition) is 0. The number of rotatable bonds is 6. The zero-order valence-electron chi connectivity index (χ0n) is 17.1. The van der Waals surface area contributed by atoms with E-state index in [0.29, 0.717) is 11.1 Å². The van der Waals surface area contributed by atoms with Gasteiger partial charge in [0.25, 0.3) is 5.69 Å². The standard InChI is InChI=1S/C25H16FN3O2S2/c26-22-11-7-17(20-3-1-2-4-21(20)22)15-32-25-28-23-12-8-18(13-24(23)33-25)27-14-16-5-9-19(10-6-16)29(30)31/h1-14H,15H2. The number of benzene rings is 4. The zero-order chi connectivity index (χ0) is 22.8. The van der Waals surface area contributed by atoms with Crippen molar-refractivity contribution >= 4 is 61.7 Å². The van der Waals surface area contributed by atoms with Crippen LogP contribution in [0.4, 0.5) is 15.8 Å². The molecule has 0 aliphatic heterocycles. The van der Waals surface area contributed by atoms with Gasteiger partial charge in [-0.15, -0.1) is 11.3 Å². The van der Waals surface area contributed by atoms with Crippen LogP contribution in [0.15, 0.2) is 88.2 Å². The van der Waals surface area contributed by atoms with Crippen molar-refractivity contribution in [2.24, 2.45) is 4.99 Å². The molecule has 0 N–H and O–H groups in total. The minimum Gasteiger partial charge on any atom is -0.258 e. The largest absolute Gasteiger partial charge is 0.269 e. The molecule has 33 heavy (non-hydrogen) atoms. The first-order valence-corrected chi connectivity index (χ1v) is 11.8. The Hall–Kier alpha value is -3.62. The normalized spacial score (nSPS) is 11.5. The summed E-state index contributed by atoms with van der Waals surface area (Å²) in [4.78, 5) is 19.5. The summed E-state index contributed by atoms with van der Waals surface area (Å²) in [7, 11) is 0. The molecule has 1 aromatic heterocycles. The lowest BCUT2D eigenvalue weighted by Crippen LogP contribution is -1.88. The lowest BCUT2D eigenvalue weighted by molar-refractivity contribution is -0.384. The van der Waals surface area contributed by atoms with Gasteiger partial charge < -0.3 is 0 Å². The average molecular weight is 474 g/mol. The third-order valence-electron chi connectivity index (χ3n) is 5.13. The summed E-state index contributed by atoms with van der Waals surface area (Å²) < 4.78 is 16.0. The van der Waals surface area contributed by atoms with Crippen LogP contribution in [0.25, 0.3) is 21.0 Å². The predicted octanol–water partition coefficient (Wildman–Crippen LogP) is 7.54. The number of nitrogens with zero attached hydrogens (tertiary/aromatic N) is 3. The van der Waals surface area contributed by atoms with Gasteiger partial charge in [0.05, 0.1) is 20.8 Å². The summed E-state index contributed by atoms with van der Waals surface area (Å²) in [5.41, 5.74) is 3.60. The highest BCUT2D eigenvalue weighted by Crippen LogP contribution is 2.35. The van der Waals surface area contributed by atoms with Crippen LogP contribution >= 0.6 is 23.1 Å². The average Bonchev–Trinajstić information content (AvgIpc) is 3.25. The van der Waals surface area contributed by atoms with Crippen LogP contribution in [0.3, 0.4) is 0 Å². The van der Waals surface area contributed by atoms with Crippen LogP contribution in [-0.2, 0) is 5.75 Å². The van der Waals surface area contributed by atoms with Crippen LogP contribution < -0.4 is 0 Å². The van der Waals surface area contributed by atoms with Crippen molar-refractivity contribution in [2.75, 3.05) is 0 Å². The molecule has 162 valence electrons. The van der Waals surface area contributed by atoms with Gasteiger partial charge in [0.2, 0.25) is 0 Å². The fraction of sp³-hybridized carbons (Fsp3) is 0.0400. The van der Waals surface area contributed by atoms with E-state index in [4.69, 9.17) is 4.98 Å². The van der Waals surface area contributed by atoms with Crippen molar-refractivity contribution < 1.29 is 9.31 Å². The van der Waals surface area contributed by atoms with E-state index >= 15 is 0 Å². The predicted molar refractivity (Wildman–Crippen MR) is 133 cm³/mol. The van der Waals surface area contributed by atoms with E-state index in [1.54, 1.807) is 47.5 Å². The molecule has 5 rings (SSSR count). The van der Waals surface area contributed by atoms with Gasteiger partial charge in [-0.3, -0.25) is 15.1 Å². The Balaban J connectivity index is 1.32. The number of nitro benzene ring substituents is 1. The smallest absolute Gasteiger partial charge is 0.258 e. The van der Waals surface area contributed by atoms with Crippen molar-refractivity contribution in [3.05, 3.63) is 106 Å². The molecule has 0 fully saturated rings. The van der Waals surface area contributed by atoms with E-state index in [2.05, 4.69) is 4.99 Å². The molecular formula is C25H16FN3O2S2. The summed E-state index contributed by atoms with van der Waals surface area (Å²) in [6, 6.07) is 22.9. The molecule has 0 saturated carbocycles. The van der Waals surface area contributed by atoms with E-state index in [9.17, 15) is 14.5 Å². The molecule has 0 unspecified atom stereocenters. The number of halogens is 1. The summed E-state index contributed by atoms with van der Waals surface area (Å²) >= 11 is 3.23. The maximum Gasteiger partial charge on any atom is 0.269 e. The topological polar surface area (TPSA) is 68.4 Å². The lowest BCUT2D eigenvalue weighted by atomic mass is 10.1. The van der Waals surface area contributed by atoms with Gasteiger partial charge in [-0.2, -0.15) is 0 Å². The van der Waals surface area contributed by atoms with E-state index in [0.717, 1.165) is 36.8 Å². The molecule has 1 heterocycles. The Morgan fingerprint density at radius 2 is 1.82 bits per heavy atom. The van der Waals surface area contributed by atoms with Crippen LogP contribution in [-0.4, -0.2) is 16.1 Å². The Morgan fingerprint density at radius 3 is 2.61 bits per heavy atom. The molecular weight excluding hydrogens is 457 g/mol. The van der Waals surface area contributed by atoms with E-state index < -0.39 is 4.92 Å². The van der Waals surface area contributed by atoms with E-state index in [-0.39, 0.29) is 11.5 Å². The first-order valence-electron chi connectivity index (χ1n) is 10.0. The Morgan fingerprint density at radius 1 is 1.03 bits per heavy atom. The van der Waals surface area contributed by atoms with Crippen LogP contribution in [0.2, 0.25) is 0 Å². The van der Waals surface area contributed by atoms with Crippen molar-refractivity contribution in [1.29, 1.82) is 0 Å². The van der Waals surface area contributed by atoms with Gasteiger partial charge in [-0.1, -0.05) is 42.1 Å². The van der Waals surface area contributed by atoms with Crippen molar-refractivity contribution in [3.8, 4) is 0 Å². The second-order valence-corrected chi connectivity index (χ2v) is 9.53. The second-order valence-electron chi connectivity index (χ2n) is 7.28. The molecule has 8 heteroatoms. The third-order valence-corrected chi connectivity index (χ3v) is 7.34. The minimum absolute atomic E-state index is 0.0527. The number of fused-ring (bicyclic) bond motifs is 2. The molecule has 0 aliphatic rings. The van der Waals surface area contributed by atoms with Gasteiger partial charge in [0.15, 0.2) is 4.34 Å². The first-order chi connectivity index (χ1) is 16.1. The van der Waals surface area contributed by atoms with Gasteiger partial charge >= 0.3 is 0 Å². The fourth-order valence-corrected chi connectivity index (χ4v) is 5.56. The van der Waals surface area contributed by atoms with Crippen molar-refractivity contribution in [2.45, 2.75) is 10.1 Å². The Kier molecular flexibility index (Phi) is 5.85. The maximum absolute atomic E-state index is 14.1. The number of thioether (sulfide) groups is 1. The van der Waals surface area contributed by atoms with Crippen LogP contribution in [0.1, 0.15) is 11.1 Å². The van der Waals surface area contributed by atoms with Gasteiger partial charge in [-0.25, -0.2) is 9.37 Å². The third kappa shape index (κ3) is 4.62. The molecule has 0 atom stereocenters. The molecule has 0 spiro atoms. The summed E-state index contributed by atoms with van der Waals surface area (Å²) in [6.45, 7) is 0. The SMILES string of the molecule is O=[N+]([O-])c1ccc(C=Nc2ccc3nc(SCc4ccc(F)c5ccccc45)sc3c2)cc1. The highest BCUT2D eigenvalue weighted by molar-refractivity contribution is 8.00. The molecule has 5 nitrogen and oxygen atoms in total. The first kappa shape index (κ1) is 21.2. The van der Waals surface area contributed by atoms with Crippen LogP contribution in [0, 0.1) is 15.9 Å². The Bertz CT molecular complexity index is 1510. The Labute approximate surface area is 196 Å². The molecule has 0 radical (unpaired) electrons. The lowest BCUT2D eigenvalue weighted by Gasteiger charge is -2.06. The molecule has 0 aliphatic carbocycles. The van der Waals surface area contributed by atoms with Gasteiger partial charge in [0.1, 0.15) is 5.82 Å². The monoisotopic (exact) mass is 473 g/mol. The molecule has 5 aromatic rings. The quantitative estimate of drug-likeness (QED) is 0.111. The van der Waals surface area contributed by atoms with Crippen molar-refractivity contribution in [1.82, 2.24) is 4.98 Å². The maximum atomic E-state index is 14.1. The number of nitro groups is 1. The molecule has 0 amide bonds. The van der Waals surface area contributed by atoms with E-state index in [1.807, 2.05) is 42.5 Å². The highest BCUT2D eigenvalue weighted by Gasteiger charge is 2.09. The highest BCUT2D eigenvalue weighted by atomic mass is 32.2. The summed E-state index contributed by atoms with van der Waals surface area (Å²) in [6.07, 6.45) is 1.68. The molecule has 0 bridgehead atoms. The number of hydrogen-bond acceptors (Lipinski definition) is 6. The summed E-state index contributed by atoms with van der Waals surface area (Å²) in [5.74, 6) is 0.493. The second kappa shape index (κ2) is 9.09. The fourth-order valence-electron chi connectivity index (χ4n) is 3.46. The minimum atomic E-state index is -0.424. The van der Waals surface area contributed by atoms with Crippen LogP contribution in [0.5, 0.6) is 0 Å². The van der Waals surface area contributed by atoms with E-state index in [1.165, 1.54) is 18.2 Å². The van der Waals surface area contributed by atoms with Gasteiger partial charge in [-0.05, 0) is 52.9 Å². The van der Waals surface area contributed by atoms with Crippen molar-refractivity contribution in [3.63, 3.8) is 0 Å². The molecule has 0 saturated heterocycles. The van der Waals surface area contributed by atoms with Gasteiger partial charge in [0, 0.05) is 29.5 Å². The molecule has 4 aromatic carbocycles. The number of thiazole rings is 1. The summed E-state index contributed by atoms with van der Waals surface area (Å²) in [5, 5.41) is 12.3. The number of aromatic nitrogens is 1. The zero-order valence-corrected chi connectivity index (χ0v) is 18.8. The number of aliphatic imine (C=N–C) groups is 1. The number of non-ortho nitro benzene ring substituents is 1.